The van der Waals surface area contributed by atoms with Crippen LogP contribution in [0.15, 0.2) is 18.2 Å². The van der Waals surface area contributed by atoms with E-state index >= 15 is 0 Å². The maximum Gasteiger partial charge on any atom is 0.244 e. The number of likely N-dealkylation sites (N-methyl/N-ethyl adjacent to an activating group) is 1. The predicted molar refractivity (Wildman–Crippen MR) is 73.8 cm³/mol. The molecule has 6 heteroatoms. The summed E-state index contributed by atoms with van der Waals surface area (Å²) in [4.78, 5) is 13.9. The number of nitrogens with zero attached hydrogens (tertiary/aromatic N) is 2. The predicted octanol–water partition coefficient (Wildman–Crippen LogP) is 0.612. The van der Waals surface area contributed by atoms with Gasteiger partial charge in [-0.05, 0) is 19.1 Å². The number of nitriles is 1. The molecule has 0 spiro atoms. The van der Waals surface area contributed by atoms with E-state index in [0.717, 1.165) is 0 Å². The number of amides is 1. The molecule has 1 aliphatic rings. The molecule has 20 heavy (non-hydrogen) atoms. The lowest BCUT2D eigenvalue weighted by atomic mass is 10.1. The summed E-state index contributed by atoms with van der Waals surface area (Å²) < 4.78 is 13.7. The van der Waals surface area contributed by atoms with Crippen molar-refractivity contribution in [1.82, 2.24) is 10.6 Å². The molecule has 2 N–H and O–H groups in total. The fourth-order valence-corrected chi connectivity index (χ4v) is 2.38. The van der Waals surface area contributed by atoms with Gasteiger partial charge in [0.25, 0.3) is 0 Å². The summed E-state index contributed by atoms with van der Waals surface area (Å²) in [5.74, 6) is -0.675. The first-order valence-electron chi connectivity index (χ1n) is 6.62. The fraction of sp³-hybridized carbons (Fsp3) is 0.429. The Labute approximate surface area is 117 Å². The number of rotatable bonds is 3. The van der Waals surface area contributed by atoms with E-state index in [4.69, 9.17) is 5.26 Å². The average Bonchev–Trinajstić information content (AvgIpc) is 2.47. The van der Waals surface area contributed by atoms with Crippen LogP contribution in [0.5, 0.6) is 0 Å². The van der Waals surface area contributed by atoms with E-state index < -0.39 is 11.9 Å². The molecule has 1 aliphatic heterocycles. The van der Waals surface area contributed by atoms with Gasteiger partial charge >= 0.3 is 0 Å². The highest BCUT2D eigenvalue weighted by Crippen LogP contribution is 2.25. The van der Waals surface area contributed by atoms with Gasteiger partial charge in [-0.15, -0.1) is 0 Å². The van der Waals surface area contributed by atoms with Crippen LogP contribution in [0.3, 0.4) is 0 Å². The minimum absolute atomic E-state index is 0.0105. The molecule has 2 rings (SSSR count). The van der Waals surface area contributed by atoms with Crippen LogP contribution in [0.2, 0.25) is 0 Å². The average molecular weight is 276 g/mol. The third-order valence-electron chi connectivity index (χ3n) is 3.31. The summed E-state index contributed by atoms with van der Waals surface area (Å²) in [6.45, 7) is 4.11. The standard InChI is InChI=1S/C14H17FN4O/c1-2-18-14(20)13-9-17-6-7-19(13)12-5-3-4-11(15)10(12)8-16/h3-5,13,17H,2,6-7,9H2,1H3,(H,18,20). The van der Waals surface area contributed by atoms with Crippen LogP contribution in [-0.4, -0.2) is 38.1 Å². The van der Waals surface area contributed by atoms with Crippen LogP contribution in [0.1, 0.15) is 12.5 Å². The van der Waals surface area contributed by atoms with Crippen molar-refractivity contribution in [1.29, 1.82) is 5.26 Å². The molecule has 1 fully saturated rings. The number of carbonyl (C=O) groups excluding carboxylic acids is 1. The molecule has 1 amide bonds. The minimum atomic E-state index is -0.557. The third-order valence-corrected chi connectivity index (χ3v) is 3.31. The molecule has 0 bridgehead atoms. The molecule has 1 aromatic rings. The second-order valence-corrected chi connectivity index (χ2v) is 4.55. The van der Waals surface area contributed by atoms with Gasteiger partial charge in [-0.25, -0.2) is 4.39 Å². The molecule has 1 unspecified atom stereocenters. The van der Waals surface area contributed by atoms with Crippen molar-refractivity contribution in [2.75, 3.05) is 31.1 Å². The Morgan fingerprint density at radius 1 is 1.65 bits per heavy atom. The molecule has 0 aliphatic carbocycles. The number of anilines is 1. The Balaban J connectivity index is 2.36. The topological polar surface area (TPSA) is 68.2 Å². The van der Waals surface area contributed by atoms with Gasteiger partial charge in [-0.3, -0.25) is 4.79 Å². The van der Waals surface area contributed by atoms with E-state index in [1.54, 1.807) is 17.0 Å². The second kappa shape index (κ2) is 6.35. The third kappa shape index (κ3) is 2.73. The van der Waals surface area contributed by atoms with Gasteiger partial charge in [-0.1, -0.05) is 6.07 Å². The highest BCUT2D eigenvalue weighted by Gasteiger charge is 2.30. The largest absolute Gasteiger partial charge is 0.356 e. The molecule has 106 valence electrons. The monoisotopic (exact) mass is 276 g/mol. The van der Waals surface area contributed by atoms with Crippen LogP contribution in [0.4, 0.5) is 10.1 Å². The van der Waals surface area contributed by atoms with Crippen LogP contribution in [-0.2, 0) is 4.79 Å². The first-order valence-corrected chi connectivity index (χ1v) is 6.62. The van der Waals surface area contributed by atoms with Gasteiger partial charge in [0.15, 0.2) is 0 Å². The number of benzene rings is 1. The Hall–Kier alpha value is -2.13. The molecule has 0 radical (unpaired) electrons. The number of carbonyl (C=O) groups is 1. The van der Waals surface area contributed by atoms with Crippen molar-refractivity contribution in [3.8, 4) is 6.07 Å². The van der Waals surface area contributed by atoms with Gasteiger partial charge in [0.05, 0.1) is 5.69 Å². The normalized spacial score (nSPS) is 18.4. The Morgan fingerprint density at radius 3 is 3.15 bits per heavy atom. The number of halogens is 1. The summed E-state index contributed by atoms with van der Waals surface area (Å²) in [5.41, 5.74) is 0.467. The lowest BCUT2D eigenvalue weighted by Gasteiger charge is -2.37. The molecule has 5 nitrogen and oxygen atoms in total. The second-order valence-electron chi connectivity index (χ2n) is 4.55. The van der Waals surface area contributed by atoms with E-state index in [1.165, 1.54) is 6.07 Å². The van der Waals surface area contributed by atoms with Crippen LogP contribution < -0.4 is 15.5 Å². The lowest BCUT2D eigenvalue weighted by Crippen LogP contribution is -2.58. The van der Waals surface area contributed by atoms with Gasteiger partial charge in [0, 0.05) is 26.2 Å². The zero-order valence-corrected chi connectivity index (χ0v) is 11.3. The summed E-state index contributed by atoms with van der Waals surface area (Å²) >= 11 is 0. The highest BCUT2D eigenvalue weighted by molar-refractivity contribution is 5.86. The number of hydrogen-bond donors (Lipinski definition) is 2. The van der Waals surface area contributed by atoms with E-state index in [1.807, 2.05) is 13.0 Å². The first-order chi connectivity index (χ1) is 9.69. The van der Waals surface area contributed by atoms with Crippen molar-refractivity contribution in [2.45, 2.75) is 13.0 Å². The van der Waals surface area contributed by atoms with Crippen molar-refractivity contribution in [3.63, 3.8) is 0 Å². The van der Waals surface area contributed by atoms with Gasteiger partial charge in [0.1, 0.15) is 23.5 Å². The Bertz CT molecular complexity index is 540. The minimum Gasteiger partial charge on any atom is -0.356 e. The summed E-state index contributed by atoms with van der Waals surface area (Å²) in [5, 5.41) is 15.0. The van der Waals surface area contributed by atoms with E-state index in [-0.39, 0.29) is 11.5 Å². The zero-order chi connectivity index (χ0) is 14.5. The number of piperazine rings is 1. The van der Waals surface area contributed by atoms with Crippen molar-refractivity contribution in [3.05, 3.63) is 29.6 Å². The summed E-state index contributed by atoms with van der Waals surface area (Å²) in [6, 6.07) is 5.94. The van der Waals surface area contributed by atoms with E-state index in [9.17, 15) is 9.18 Å². The van der Waals surface area contributed by atoms with Crippen LogP contribution >= 0.6 is 0 Å². The smallest absolute Gasteiger partial charge is 0.244 e. The van der Waals surface area contributed by atoms with E-state index in [0.29, 0.717) is 31.9 Å². The van der Waals surface area contributed by atoms with Crippen molar-refractivity contribution >= 4 is 11.6 Å². The molecule has 1 atom stereocenters. The molecular formula is C14H17FN4O. The summed E-state index contributed by atoms with van der Waals surface area (Å²) in [6.07, 6.45) is 0. The van der Waals surface area contributed by atoms with Crippen molar-refractivity contribution in [2.24, 2.45) is 0 Å². The quantitative estimate of drug-likeness (QED) is 0.849. The maximum atomic E-state index is 13.7. The number of nitrogens with one attached hydrogen (secondary N) is 2. The fourth-order valence-electron chi connectivity index (χ4n) is 2.38. The molecule has 1 aromatic carbocycles. The first kappa shape index (κ1) is 14.3. The van der Waals surface area contributed by atoms with Gasteiger partial charge in [0.2, 0.25) is 5.91 Å². The molecule has 1 heterocycles. The molecular weight excluding hydrogens is 259 g/mol. The van der Waals surface area contributed by atoms with E-state index in [2.05, 4.69) is 10.6 Å². The Kier molecular flexibility index (Phi) is 4.53. The van der Waals surface area contributed by atoms with Crippen LogP contribution in [0.25, 0.3) is 0 Å². The SMILES string of the molecule is CCNC(=O)C1CNCCN1c1cccc(F)c1C#N. The number of hydrogen-bond acceptors (Lipinski definition) is 4. The molecule has 1 saturated heterocycles. The lowest BCUT2D eigenvalue weighted by molar-refractivity contribution is -0.122. The summed E-state index contributed by atoms with van der Waals surface area (Å²) in [7, 11) is 0. The van der Waals surface area contributed by atoms with Gasteiger partial charge in [-0.2, -0.15) is 5.26 Å². The van der Waals surface area contributed by atoms with Crippen LogP contribution in [0, 0.1) is 17.1 Å². The molecule has 0 saturated carbocycles. The highest BCUT2D eigenvalue weighted by atomic mass is 19.1. The zero-order valence-electron chi connectivity index (χ0n) is 11.3. The Morgan fingerprint density at radius 2 is 2.45 bits per heavy atom. The maximum absolute atomic E-state index is 13.7. The van der Waals surface area contributed by atoms with Gasteiger partial charge < -0.3 is 15.5 Å². The van der Waals surface area contributed by atoms with Crippen molar-refractivity contribution < 1.29 is 9.18 Å². The molecule has 0 aromatic heterocycles.